The van der Waals surface area contributed by atoms with E-state index in [1.807, 2.05) is 0 Å². The van der Waals surface area contributed by atoms with Crippen LogP contribution in [0, 0.1) is 0 Å². The number of carbonyl (C=O) groups is 2. The highest BCUT2D eigenvalue weighted by Gasteiger charge is 2.45. The standard InChI is InChI=1S/C27H30F6O3.H3OP/c1-2-3-4-5-6-7-8-12-18-36-25(35)22(19-14-10-9-11-15-19)24(34)23-20(26(28,29)30)16-13-17-21(23)27(31,32)33;1-2/h9-11,13-17,22H,2-8,12,18H2,1H3;2H3. The largest absolute Gasteiger partial charge is 0.465 e. The van der Waals surface area contributed by atoms with Crippen molar-refractivity contribution in [2.75, 3.05) is 6.61 Å². The number of rotatable bonds is 13. The first-order valence-corrected chi connectivity index (χ1v) is 12.9. The van der Waals surface area contributed by atoms with Crippen LogP contribution >= 0.6 is 9.12 Å². The molecule has 2 aromatic rings. The third-order valence-electron chi connectivity index (χ3n) is 5.79. The fourth-order valence-electron chi connectivity index (χ4n) is 3.97. The Morgan fingerprint density at radius 1 is 0.737 bits per heavy atom. The predicted molar refractivity (Wildman–Crippen MR) is 135 cm³/mol. The molecule has 0 saturated carbocycles. The van der Waals surface area contributed by atoms with Crippen LogP contribution in [0.15, 0.2) is 48.5 Å². The molecule has 11 heteroatoms. The van der Waals surface area contributed by atoms with Gasteiger partial charge in [-0.15, -0.1) is 0 Å². The Balaban J connectivity index is 0.00000352. The Morgan fingerprint density at radius 3 is 1.68 bits per heavy atom. The highest BCUT2D eigenvalue weighted by Crippen LogP contribution is 2.41. The zero-order chi connectivity index (χ0) is 28.8. The Morgan fingerprint density at radius 2 is 1.21 bits per heavy atom. The summed E-state index contributed by atoms with van der Waals surface area (Å²) in [5.41, 5.74) is -5.14. The molecule has 0 bridgehead atoms. The topological polar surface area (TPSA) is 60.4 Å². The molecule has 212 valence electrons. The van der Waals surface area contributed by atoms with E-state index in [1.54, 1.807) is 6.07 Å². The summed E-state index contributed by atoms with van der Waals surface area (Å²) in [6.45, 7) is 2.03. The average molecular weight is 567 g/mol. The number of hydrogen-bond donors (Lipinski definition) is 0. The van der Waals surface area contributed by atoms with E-state index >= 15 is 0 Å². The Kier molecular flexibility index (Phi) is 14.4. The van der Waals surface area contributed by atoms with Gasteiger partial charge in [0.15, 0.2) is 5.78 Å². The molecule has 0 aromatic heterocycles. The number of unbranched alkanes of at least 4 members (excludes halogenated alkanes) is 7. The fourth-order valence-corrected chi connectivity index (χ4v) is 3.97. The zero-order valence-electron chi connectivity index (χ0n) is 21.2. The van der Waals surface area contributed by atoms with Crippen LogP contribution in [0.1, 0.15) is 91.3 Å². The summed E-state index contributed by atoms with van der Waals surface area (Å²) >= 11 is 0. The van der Waals surface area contributed by atoms with Crippen molar-refractivity contribution in [3.05, 3.63) is 70.8 Å². The second-order valence-electron chi connectivity index (χ2n) is 8.57. The van der Waals surface area contributed by atoms with Crippen LogP contribution in [0.3, 0.4) is 0 Å². The number of benzene rings is 2. The van der Waals surface area contributed by atoms with Crippen molar-refractivity contribution < 1.29 is 45.2 Å². The second-order valence-corrected chi connectivity index (χ2v) is 8.57. The maximum Gasteiger partial charge on any atom is 0.417 e. The van der Waals surface area contributed by atoms with Crippen LogP contribution in [-0.4, -0.2) is 18.4 Å². The van der Waals surface area contributed by atoms with E-state index in [0.717, 1.165) is 38.5 Å². The van der Waals surface area contributed by atoms with Crippen LogP contribution in [0.5, 0.6) is 0 Å². The van der Waals surface area contributed by atoms with E-state index in [2.05, 4.69) is 6.92 Å². The van der Waals surface area contributed by atoms with E-state index in [9.17, 15) is 35.9 Å². The third-order valence-corrected chi connectivity index (χ3v) is 5.79. The van der Waals surface area contributed by atoms with Crippen molar-refractivity contribution in [1.82, 2.24) is 0 Å². The number of halogens is 6. The van der Waals surface area contributed by atoms with E-state index < -0.39 is 46.7 Å². The van der Waals surface area contributed by atoms with Gasteiger partial charge < -0.3 is 9.30 Å². The molecular formula is C27H33F6O4P. The van der Waals surface area contributed by atoms with Crippen LogP contribution in [0.4, 0.5) is 26.3 Å². The van der Waals surface area contributed by atoms with Gasteiger partial charge in [-0.2, -0.15) is 26.3 Å². The van der Waals surface area contributed by atoms with Gasteiger partial charge in [0, 0.05) is 5.56 Å². The van der Waals surface area contributed by atoms with Crippen LogP contribution in [-0.2, 0) is 26.4 Å². The monoisotopic (exact) mass is 566 g/mol. The van der Waals surface area contributed by atoms with Crippen molar-refractivity contribution in [3.63, 3.8) is 0 Å². The van der Waals surface area contributed by atoms with Crippen molar-refractivity contribution in [2.24, 2.45) is 0 Å². The van der Waals surface area contributed by atoms with Gasteiger partial charge >= 0.3 is 18.3 Å². The number of alkyl halides is 6. The number of esters is 1. The van der Waals surface area contributed by atoms with E-state index in [4.69, 9.17) is 9.30 Å². The summed E-state index contributed by atoms with van der Waals surface area (Å²) in [6.07, 6.45) is -2.79. The summed E-state index contributed by atoms with van der Waals surface area (Å²) in [5, 5.41) is 0. The quantitative estimate of drug-likeness (QED) is 0.0611. The molecule has 0 radical (unpaired) electrons. The fraction of sp³-hybridized carbons (Fsp3) is 0.481. The van der Waals surface area contributed by atoms with Crippen molar-refractivity contribution in [2.45, 2.75) is 76.6 Å². The number of Topliss-reactive ketones (excluding diaryl/α,β-unsaturated/α-hetero) is 1. The predicted octanol–water partition coefficient (Wildman–Crippen LogP) is 8.31. The molecule has 2 atom stereocenters. The Bertz CT molecular complexity index is 977. The molecule has 4 nitrogen and oxygen atoms in total. The van der Waals surface area contributed by atoms with Gasteiger partial charge in [-0.05, 0) is 24.1 Å². The molecule has 0 heterocycles. The number of ether oxygens (including phenoxy) is 1. The molecule has 0 N–H and O–H groups in total. The SMILES string of the molecule is CCCCCCCCCCOC(=O)C(C(=O)c1c(C(F)(F)F)cccc1C(F)(F)F)c1ccccc1.O=[PH3]. The lowest BCUT2D eigenvalue weighted by molar-refractivity contribution is -0.146. The molecule has 2 unspecified atom stereocenters. The summed E-state index contributed by atoms with van der Waals surface area (Å²) in [4.78, 5) is 26.2. The minimum Gasteiger partial charge on any atom is -0.465 e. The van der Waals surface area contributed by atoms with Crippen LogP contribution in [0.2, 0.25) is 0 Å². The van der Waals surface area contributed by atoms with Gasteiger partial charge in [-0.1, -0.05) is 88.3 Å². The minimum atomic E-state index is -5.24. The van der Waals surface area contributed by atoms with Gasteiger partial charge in [0.25, 0.3) is 0 Å². The lowest BCUT2D eigenvalue weighted by Crippen LogP contribution is -2.29. The number of hydrogen-bond acceptors (Lipinski definition) is 4. The smallest absolute Gasteiger partial charge is 0.417 e. The summed E-state index contributed by atoms with van der Waals surface area (Å²) in [5.74, 6) is -4.76. The first kappa shape index (κ1) is 33.4. The Labute approximate surface area is 220 Å². The van der Waals surface area contributed by atoms with Gasteiger partial charge in [-0.25, -0.2) is 0 Å². The zero-order valence-corrected chi connectivity index (χ0v) is 22.6. The Hall–Kier alpha value is -2.61. The van der Waals surface area contributed by atoms with Gasteiger partial charge in [0.2, 0.25) is 0 Å². The normalized spacial score (nSPS) is 12.4. The highest BCUT2D eigenvalue weighted by atomic mass is 31.0. The van der Waals surface area contributed by atoms with Crippen molar-refractivity contribution in [3.8, 4) is 0 Å². The van der Waals surface area contributed by atoms with Gasteiger partial charge in [0.05, 0.1) is 26.9 Å². The third kappa shape index (κ3) is 10.3. The molecular weight excluding hydrogens is 533 g/mol. The van der Waals surface area contributed by atoms with Crippen LogP contribution in [0.25, 0.3) is 0 Å². The molecule has 0 saturated heterocycles. The number of ketones is 1. The molecule has 0 aliphatic carbocycles. The molecule has 38 heavy (non-hydrogen) atoms. The molecule has 2 rings (SSSR count). The summed E-state index contributed by atoms with van der Waals surface area (Å²) in [7, 11) is 0.611. The number of carbonyl (C=O) groups excluding carboxylic acids is 2. The van der Waals surface area contributed by atoms with Crippen molar-refractivity contribution >= 4 is 20.9 Å². The molecule has 0 amide bonds. The van der Waals surface area contributed by atoms with E-state index in [0.29, 0.717) is 33.7 Å². The lowest BCUT2D eigenvalue weighted by Gasteiger charge is -2.21. The summed E-state index contributed by atoms with van der Waals surface area (Å²) in [6, 6.07) is 8.38. The average Bonchev–Trinajstić information content (AvgIpc) is 2.88. The van der Waals surface area contributed by atoms with E-state index in [1.165, 1.54) is 30.7 Å². The van der Waals surface area contributed by atoms with Gasteiger partial charge in [0.1, 0.15) is 5.92 Å². The highest BCUT2D eigenvalue weighted by molar-refractivity contribution is 7.00. The molecule has 0 spiro atoms. The minimum absolute atomic E-state index is 0.0477. The second kappa shape index (κ2) is 16.4. The molecule has 0 aliphatic heterocycles. The first-order valence-electron chi connectivity index (χ1n) is 12.3. The maximum atomic E-state index is 13.6. The molecule has 0 aliphatic rings. The maximum absolute atomic E-state index is 13.6. The van der Waals surface area contributed by atoms with Crippen molar-refractivity contribution in [1.29, 1.82) is 0 Å². The molecule has 0 fully saturated rings. The van der Waals surface area contributed by atoms with E-state index in [-0.39, 0.29) is 12.2 Å². The molecule has 2 aromatic carbocycles. The first-order chi connectivity index (χ1) is 18.0. The van der Waals surface area contributed by atoms with Crippen LogP contribution < -0.4 is 0 Å². The van der Waals surface area contributed by atoms with Gasteiger partial charge in [-0.3, -0.25) is 9.59 Å². The summed E-state index contributed by atoms with van der Waals surface area (Å²) < 4.78 is 95.2. The lowest BCUT2D eigenvalue weighted by atomic mass is 9.85.